The molecule has 1 aliphatic carbocycles. The van der Waals surface area contributed by atoms with Crippen LogP contribution in [0.15, 0.2) is 36.4 Å². The summed E-state index contributed by atoms with van der Waals surface area (Å²) in [5, 5.41) is 10.3. The Morgan fingerprint density at radius 1 is 1.26 bits per heavy atom. The van der Waals surface area contributed by atoms with Gasteiger partial charge in [-0.15, -0.1) is 0 Å². The average molecular weight is 341 g/mol. The topological polar surface area (TPSA) is 23.5 Å². The molecule has 2 nitrogen and oxygen atoms in total. The Bertz CT molecular complexity index is 732. The number of anilines is 1. The monoisotopic (exact) mass is 340 g/mol. The van der Waals surface area contributed by atoms with E-state index in [1.165, 1.54) is 11.0 Å². The van der Waals surface area contributed by atoms with E-state index in [0.717, 1.165) is 17.2 Å². The highest BCUT2D eigenvalue weighted by atomic mass is 35.5. The van der Waals surface area contributed by atoms with Crippen molar-refractivity contribution in [2.45, 2.75) is 24.7 Å². The lowest BCUT2D eigenvalue weighted by atomic mass is 10.0. The summed E-state index contributed by atoms with van der Waals surface area (Å²) in [6.07, 6.45) is -4.84. The van der Waals surface area contributed by atoms with E-state index in [4.69, 9.17) is 11.6 Å². The van der Waals surface area contributed by atoms with Gasteiger partial charge in [0.1, 0.15) is 0 Å². The summed E-state index contributed by atoms with van der Waals surface area (Å²) in [6, 6.07) is 11.4. The third-order valence-corrected chi connectivity index (χ3v) is 4.43. The second-order valence-electron chi connectivity index (χ2n) is 5.58. The maximum atomic E-state index is 13.3. The molecule has 23 heavy (non-hydrogen) atoms. The fourth-order valence-electron chi connectivity index (χ4n) is 3.09. The number of benzene rings is 2. The van der Waals surface area contributed by atoms with Gasteiger partial charge in [0.15, 0.2) is 0 Å². The van der Waals surface area contributed by atoms with Crippen molar-refractivity contribution in [2.75, 3.05) is 11.9 Å². The van der Waals surface area contributed by atoms with Crippen LogP contribution in [0.2, 0.25) is 5.02 Å². The number of fused-ring (bicyclic) bond motifs is 1. The molecule has 2 atom stereocenters. The molecular weight excluding hydrogens is 327 g/mol. The Kier molecular flexibility index (Phi) is 4.02. The first-order chi connectivity index (χ1) is 10.8. The van der Waals surface area contributed by atoms with Gasteiger partial charge in [0, 0.05) is 19.5 Å². The molecule has 0 aromatic heterocycles. The third kappa shape index (κ3) is 2.91. The number of rotatable bonds is 2. The van der Waals surface area contributed by atoms with Gasteiger partial charge >= 0.3 is 6.18 Å². The van der Waals surface area contributed by atoms with Crippen molar-refractivity contribution in [1.82, 2.24) is 0 Å². The molecule has 0 spiro atoms. The molecule has 121 valence electrons. The molecule has 2 aromatic rings. The lowest BCUT2D eigenvalue weighted by molar-refractivity contribution is -0.137. The predicted molar refractivity (Wildman–Crippen MR) is 82.5 cm³/mol. The normalized spacial score (nSPS) is 20.4. The van der Waals surface area contributed by atoms with Crippen molar-refractivity contribution in [3.63, 3.8) is 0 Å². The lowest BCUT2D eigenvalue weighted by Gasteiger charge is -2.30. The van der Waals surface area contributed by atoms with Crippen LogP contribution >= 0.6 is 11.6 Å². The smallest absolute Gasteiger partial charge is 0.388 e. The minimum absolute atomic E-state index is 0.0184. The van der Waals surface area contributed by atoms with Gasteiger partial charge in [0.25, 0.3) is 0 Å². The fourth-order valence-corrected chi connectivity index (χ4v) is 3.25. The first-order valence-corrected chi connectivity index (χ1v) is 7.45. The largest absolute Gasteiger partial charge is 0.418 e. The molecular formula is C17H14ClF3NO. The second kappa shape index (κ2) is 5.73. The second-order valence-corrected chi connectivity index (χ2v) is 5.99. The minimum atomic E-state index is -4.50. The number of aliphatic hydroxyl groups excluding tert-OH is 1. The Morgan fingerprint density at radius 2 is 1.91 bits per heavy atom. The molecule has 0 aliphatic heterocycles. The van der Waals surface area contributed by atoms with E-state index in [1.807, 2.05) is 12.1 Å². The summed E-state index contributed by atoms with van der Waals surface area (Å²) >= 11 is 5.85. The maximum Gasteiger partial charge on any atom is 0.418 e. The molecule has 2 unspecified atom stereocenters. The Labute approximate surface area is 137 Å². The van der Waals surface area contributed by atoms with E-state index in [2.05, 4.69) is 6.07 Å². The van der Waals surface area contributed by atoms with Crippen molar-refractivity contribution >= 4 is 17.3 Å². The van der Waals surface area contributed by atoms with Crippen molar-refractivity contribution in [1.29, 1.82) is 0 Å². The van der Waals surface area contributed by atoms with Crippen LogP contribution in [-0.4, -0.2) is 12.2 Å². The van der Waals surface area contributed by atoms with E-state index in [0.29, 0.717) is 6.42 Å². The Morgan fingerprint density at radius 3 is 2.57 bits per heavy atom. The van der Waals surface area contributed by atoms with Gasteiger partial charge in [0.2, 0.25) is 0 Å². The molecule has 0 amide bonds. The molecule has 0 bridgehead atoms. The molecule has 0 saturated heterocycles. The molecule has 0 saturated carbocycles. The van der Waals surface area contributed by atoms with Gasteiger partial charge < -0.3 is 10.0 Å². The Hall–Kier alpha value is -1.72. The van der Waals surface area contributed by atoms with Gasteiger partial charge in [-0.25, -0.2) is 0 Å². The zero-order valence-corrected chi connectivity index (χ0v) is 13.0. The van der Waals surface area contributed by atoms with Crippen LogP contribution in [0.4, 0.5) is 18.9 Å². The molecule has 0 fully saturated rings. The fraction of sp³-hybridized carbons (Fsp3) is 0.294. The van der Waals surface area contributed by atoms with Crippen LogP contribution in [0, 0.1) is 6.07 Å². The first-order valence-electron chi connectivity index (χ1n) is 7.07. The number of hydrogen-bond donors (Lipinski definition) is 1. The molecule has 6 heteroatoms. The zero-order valence-electron chi connectivity index (χ0n) is 12.2. The minimum Gasteiger partial charge on any atom is -0.388 e. The molecule has 1 aliphatic rings. The van der Waals surface area contributed by atoms with Gasteiger partial charge in [0.05, 0.1) is 28.4 Å². The highest BCUT2D eigenvalue weighted by Gasteiger charge is 2.38. The van der Waals surface area contributed by atoms with Gasteiger partial charge in [-0.1, -0.05) is 35.9 Å². The molecule has 1 N–H and O–H groups in total. The number of alkyl halides is 3. The third-order valence-electron chi connectivity index (χ3n) is 4.21. The summed E-state index contributed by atoms with van der Waals surface area (Å²) in [4.78, 5) is 1.53. The highest BCUT2D eigenvalue weighted by Crippen LogP contribution is 2.46. The predicted octanol–water partition coefficient (Wildman–Crippen LogP) is 4.77. The van der Waals surface area contributed by atoms with E-state index in [1.54, 1.807) is 19.2 Å². The van der Waals surface area contributed by atoms with Gasteiger partial charge in [-0.3, -0.25) is 0 Å². The molecule has 2 aromatic carbocycles. The average Bonchev–Trinajstić information content (AvgIpc) is 2.83. The number of hydrogen-bond acceptors (Lipinski definition) is 2. The summed E-state index contributed by atoms with van der Waals surface area (Å²) < 4.78 is 39.8. The van der Waals surface area contributed by atoms with E-state index in [-0.39, 0.29) is 16.8 Å². The molecule has 3 rings (SSSR count). The maximum absolute atomic E-state index is 13.3. The standard InChI is InChI=1S/C17H14ClF3NO/c1-22(14-9-16(23)12-5-3-2-4-11(12)14)15-8-10(18)6-7-13(15)17(19,20)21/h2-5,7-8,14,16,23H,9H2,1H3. The summed E-state index contributed by atoms with van der Waals surface area (Å²) in [5.41, 5.74) is 0.782. The highest BCUT2D eigenvalue weighted by molar-refractivity contribution is 6.30. The summed E-state index contributed by atoms with van der Waals surface area (Å²) in [7, 11) is 1.58. The Balaban J connectivity index is 2.05. The lowest BCUT2D eigenvalue weighted by Crippen LogP contribution is -2.25. The van der Waals surface area contributed by atoms with E-state index < -0.39 is 17.8 Å². The van der Waals surface area contributed by atoms with E-state index >= 15 is 0 Å². The first kappa shape index (κ1) is 16.1. The van der Waals surface area contributed by atoms with Crippen LogP contribution in [0.25, 0.3) is 0 Å². The van der Waals surface area contributed by atoms with Crippen LogP contribution in [0.1, 0.15) is 35.3 Å². The van der Waals surface area contributed by atoms with Crippen molar-refractivity contribution in [3.05, 3.63) is 64.2 Å². The summed E-state index contributed by atoms with van der Waals surface area (Å²) in [5.74, 6) is 0. The number of nitrogens with zero attached hydrogens (tertiary/aromatic N) is 1. The van der Waals surface area contributed by atoms with Crippen LogP contribution in [0.5, 0.6) is 0 Å². The van der Waals surface area contributed by atoms with Crippen LogP contribution < -0.4 is 4.90 Å². The molecule has 0 heterocycles. The SMILES string of the molecule is CN(c1cc(Cl)[c]cc1C(F)(F)F)C1CC(O)c2ccccc21. The van der Waals surface area contributed by atoms with Crippen LogP contribution in [0.3, 0.4) is 0 Å². The van der Waals surface area contributed by atoms with Gasteiger partial charge in [-0.2, -0.15) is 13.2 Å². The zero-order chi connectivity index (χ0) is 16.8. The quantitative estimate of drug-likeness (QED) is 0.851. The van der Waals surface area contributed by atoms with E-state index in [9.17, 15) is 18.3 Å². The van der Waals surface area contributed by atoms with Crippen molar-refractivity contribution in [2.24, 2.45) is 0 Å². The number of aliphatic hydroxyl groups is 1. The van der Waals surface area contributed by atoms with Crippen LogP contribution in [-0.2, 0) is 6.18 Å². The van der Waals surface area contributed by atoms with Crippen molar-refractivity contribution < 1.29 is 18.3 Å². The molecule has 1 radical (unpaired) electrons. The van der Waals surface area contributed by atoms with Crippen molar-refractivity contribution in [3.8, 4) is 0 Å². The number of halogens is 4. The van der Waals surface area contributed by atoms with Gasteiger partial charge in [-0.05, 0) is 23.3 Å². The summed E-state index contributed by atoms with van der Waals surface area (Å²) in [6.45, 7) is 0.